The van der Waals surface area contributed by atoms with E-state index in [1.165, 1.54) is 141 Å². The van der Waals surface area contributed by atoms with Crippen molar-refractivity contribution >= 4 is 13.8 Å². The van der Waals surface area contributed by atoms with Crippen molar-refractivity contribution < 1.29 is 37.3 Å². The average molecular weight is 720 g/mol. The van der Waals surface area contributed by atoms with Gasteiger partial charge >= 0.3 is 5.97 Å². The highest BCUT2D eigenvalue weighted by atomic mass is 31.2. The van der Waals surface area contributed by atoms with Crippen molar-refractivity contribution in [1.82, 2.24) is 0 Å². The number of nitrogens with zero attached hydrogens (tertiary/aromatic N) is 1. The van der Waals surface area contributed by atoms with E-state index in [0.29, 0.717) is 24.1 Å². The van der Waals surface area contributed by atoms with E-state index in [-0.39, 0.29) is 25.8 Å². The Bertz CT molecular complexity index is 761. The van der Waals surface area contributed by atoms with E-state index in [1.807, 2.05) is 21.1 Å². The summed E-state index contributed by atoms with van der Waals surface area (Å²) in [4.78, 5) is 25.0. The van der Waals surface area contributed by atoms with Crippen molar-refractivity contribution in [3.63, 3.8) is 0 Å². The van der Waals surface area contributed by atoms with Crippen LogP contribution in [0.2, 0.25) is 0 Å². The number of phosphoric acid groups is 1. The van der Waals surface area contributed by atoms with E-state index in [4.69, 9.17) is 18.5 Å². The lowest BCUT2D eigenvalue weighted by molar-refractivity contribution is -0.870. The van der Waals surface area contributed by atoms with Crippen LogP contribution in [0.15, 0.2) is 0 Å². The van der Waals surface area contributed by atoms with Gasteiger partial charge in [0.15, 0.2) is 0 Å². The minimum Gasteiger partial charge on any atom is -0.756 e. The molecule has 0 heterocycles. The number of quaternary nitrogens is 1. The molecule has 0 radical (unpaired) electrons. The topological polar surface area (TPSA) is 94.1 Å². The third-order valence-electron chi connectivity index (χ3n) is 9.16. The van der Waals surface area contributed by atoms with Crippen LogP contribution < -0.4 is 4.89 Å². The predicted molar refractivity (Wildman–Crippen MR) is 204 cm³/mol. The molecular formula is C40H82NO7P. The van der Waals surface area contributed by atoms with E-state index >= 15 is 0 Å². The van der Waals surface area contributed by atoms with Crippen molar-refractivity contribution in [2.24, 2.45) is 0 Å². The van der Waals surface area contributed by atoms with Gasteiger partial charge in [0.1, 0.15) is 19.3 Å². The SMILES string of the molecule is CCCCCCCCCCCCCCCCOC[C@H](COP(=O)([O-])OCC[N+](C)(C)C)OC(=O)CCCCCCCCCCCCCCC. The minimum atomic E-state index is -4.51. The van der Waals surface area contributed by atoms with Gasteiger partial charge in [0.05, 0.1) is 34.4 Å². The Morgan fingerprint density at radius 3 is 1.35 bits per heavy atom. The van der Waals surface area contributed by atoms with Gasteiger partial charge in [0.2, 0.25) is 0 Å². The Balaban J connectivity index is 4.22. The number of likely N-dealkylation sites (N-methyl/N-ethyl adjacent to an activating group) is 1. The van der Waals surface area contributed by atoms with Gasteiger partial charge in [-0.3, -0.25) is 9.36 Å². The molecule has 0 fully saturated rings. The van der Waals surface area contributed by atoms with Crippen LogP contribution in [0.5, 0.6) is 0 Å². The minimum absolute atomic E-state index is 0.0312. The summed E-state index contributed by atoms with van der Waals surface area (Å²) in [5, 5.41) is 0. The number of ether oxygens (including phenoxy) is 2. The van der Waals surface area contributed by atoms with E-state index < -0.39 is 13.9 Å². The number of rotatable bonds is 39. The number of hydrogen-bond donors (Lipinski definition) is 0. The van der Waals surface area contributed by atoms with Gasteiger partial charge in [0.25, 0.3) is 7.82 Å². The normalized spacial score (nSPS) is 13.8. The van der Waals surface area contributed by atoms with Crippen LogP contribution in [-0.4, -0.2) is 70.7 Å². The molecule has 0 saturated heterocycles. The summed E-state index contributed by atoms with van der Waals surface area (Å²) < 4.78 is 34.5. The van der Waals surface area contributed by atoms with E-state index in [2.05, 4.69) is 13.8 Å². The molecule has 9 heteroatoms. The monoisotopic (exact) mass is 720 g/mol. The first-order valence-electron chi connectivity index (χ1n) is 20.8. The van der Waals surface area contributed by atoms with Crippen LogP contribution in [0, 0.1) is 0 Å². The summed E-state index contributed by atoms with van der Waals surface area (Å²) >= 11 is 0. The molecule has 0 amide bonds. The summed E-state index contributed by atoms with van der Waals surface area (Å²) in [7, 11) is 1.37. The highest BCUT2D eigenvalue weighted by molar-refractivity contribution is 7.45. The smallest absolute Gasteiger partial charge is 0.306 e. The fraction of sp³-hybridized carbons (Fsp3) is 0.975. The zero-order chi connectivity index (χ0) is 36.3. The molecule has 294 valence electrons. The van der Waals surface area contributed by atoms with Gasteiger partial charge in [0, 0.05) is 13.0 Å². The Morgan fingerprint density at radius 2 is 0.939 bits per heavy atom. The van der Waals surface area contributed by atoms with Crippen molar-refractivity contribution in [2.75, 3.05) is 54.1 Å². The van der Waals surface area contributed by atoms with Gasteiger partial charge in [-0.05, 0) is 12.8 Å². The Hall–Kier alpha value is -0.500. The molecule has 8 nitrogen and oxygen atoms in total. The lowest BCUT2D eigenvalue weighted by Crippen LogP contribution is -2.37. The molecule has 2 atom stereocenters. The van der Waals surface area contributed by atoms with Crippen molar-refractivity contribution in [2.45, 2.75) is 200 Å². The fourth-order valence-corrected chi connectivity index (χ4v) is 6.63. The van der Waals surface area contributed by atoms with Crippen LogP contribution in [-0.2, 0) is 27.9 Å². The lowest BCUT2D eigenvalue weighted by Gasteiger charge is -2.28. The number of carbonyl (C=O) groups is 1. The lowest BCUT2D eigenvalue weighted by atomic mass is 10.0. The van der Waals surface area contributed by atoms with E-state index in [0.717, 1.165) is 32.1 Å². The van der Waals surface area contributed by atoms with Gasteiger partial charge in [-0.2, -0.15) is 0 Å². The maximum absolute atomic E-state index is 12.6. The first-order chi connectivity index (χ1) is 23.6. The van der Waals surface area contributed by atoms with Gasteiger partial charge in [-0.1, -0.05) is 174 Å². The second-order valence-electron chi connectivity index (χ2n) is 15.4. The molecule has 1 unspecified atom stereocenters. The Labute approximate surface area is 304 Å². The molecular weight excluding hydrogens is 637 g/mol. The molecule has 0 spiro atoms. The number of unbranched alkanes of at least 4 members (excludes halogenated alkanes) is 25. The summed E-state index contributed by atoms with van der Waals surface area (Å²) in [5.41, 5.74) is 0. The van der Waals surface area contributed by atoms with Crippen molar-refractivity contribution in [3.8, 4) is 0 Å². The molecule has 0 aliphatic heterocycles. The van der Waals surface area contributed by atoms with Crippen LogP contribution in [0.4, 0.5) is 0 Å². The highest BCUT2D eigenvalue weighted by Crippen LogP contribution is 2.38. The summed E-state index contributed by atoms with van der Waals surface area (Å²) in [6.07, 6.45) is 33.8. The standard InChI is InChI=1S/C40H82NO7P/c1-6-8-10-12-14-16-18-20-22-24-26-28-30-32-35-45-37-39(38-47-49(43,44)46-36-34-41(3,4)5)48-40(42)33-31-29-27-25-23-21-19-17-15-13-11-9-7-2/h39H,6-38H2,1-5H3/t39-/m1/s1. The largest absolute Gasteiger partial charge is 0.756 e. The third kappa shape index (κ3) is 38.6. The Kier molecular flexibility index (Phi) is 34.2. The number of phosphoric ester groups is 1. The zero-order valence-electron chi connectivity index (χ0n) is 33.2. The Morgan fingerprint density at radius 1 is 0.551 bits per heavy atom. The maximum Gasteiger partial charge on any atom is 0.306 e. The van der Waals surface area contributed by atoms with Crippen LogP contribution in [0.3, 0.4) is 0 Å². The van der Waals surface area contributed by atoms with Gasteiger partial charge in [-0.25, -0.2) is 0 Å². The summed E-state index contributed by atoms with van der Waals surface area (Å²) in [5.74, 6) is -0.330. The molecule has 0 bridgehead atoms. The van der Waals surface area contributed by atoms with E-state index in [1.54, 1.807) is 0 Å². The number of carbonyl (C=O) groups excluding carboxylic acids is 1. The van der Waals surface area contributed by atoms with Gasteiger partial charge in [-0.15, -0.1) is 0 Å². The highest BCUT2D eigenvalue weighted by Gasteiger charge is 2.20. The fourth-order valence-electron chi connectivity index (χ4n) is 5.90. The predicted octanol–water partition coefficient (Wildman–Crippen LogP) is 11.1. The second-order valence-corrected chi connectivity index (χ2v) is 16.8. The molecule has 0 aliphatic rings. The molecule has 0 rings (SSSR count). The third-order valence-corrected chi connectivity index (χ3v) is 10.1. The van der Waals surface area contributed by atoms with Crippen LogP contribution >= 0.6 is 7.82 Å². The quantitative estimate of drug-likeness (QED) is 0.0270. The first kappa shape index (κ1) is 48.5. The molecule has 0 aliphatic carbocycles. The molecule has 0 aromatic rings. The summed E-state index contributed by atoms with van der Waals surface area (Å²) in [6, 6.07) is 0. The van der Waals surface area contributed by atoms with Crippen LogP contribution in [0.1, 0.15) is 194 Å². The zero-order valence-corrected chi connectivity index (χ0v) is 34.1. The second kappa shape index (κ2) is 34.6. The number of hydrogen-bond acceptors (Lipinski definition) is 7. The maximum atomic E-state index is 12.6. The van der Waals surface area contributed by atoms with Crippen molar-refractivity contribution in [3.05, 3.63) is 0 Å². The van der Waals surface area contributed by atoms with E-state index in [9.17, 15) is 14.3 Å². The molecule has 0 aromatic carbocycles. The molecule has 0 saturated carbocycles. The van der Waals surface area contributed by atoms with Crippen LogP contribution in [0.25, 0.3) is 0 Å². The number of esters is 1. The first-order valence-corrected chi connectivity index (χ1v) is 22.2. The molecule has 0 aromatic heterocycles. The summed E-state index contributed by atoms with van der Waals surface area (Å²) in [6.45, 7) is 5.45. The van der Waals surface area contributed by atoms with Crippen molar-refractivity contribution in [1.29, 1.82) is 0 Å². The van der Waals surface area contributed by atoms with Gasteiger partial charge < -0.3 is 27.9 Å². The average Bonchev–Trinajstić information content (AvgIpc) is 3.04. The molecule has 0 N–H and O–H groups in total. The molecule has 49 heavy (non-hydrogen) atoms.